The van der Waals surface area contributed by atoms with Crippen LogP contribution in [0.4, 0.5) is 4.79 Å². The van der Waals surface area contributed by atoms with Gasteiger partial charge in [0.05, 0.1) is 12.6 Å². The van der Waals surface area contributed by atoms with Crippen LogP contribution in [0.1, 0.15) is 47.0 Å². The average molecular weight is 333 g/mol. The van der Waals surface area contributed by atoms with Crippen LogP contribution in [0.25, 0.3) is 0 Å². The van der Waals surface area contributed by atoms with Crippen LogP contribution in [-0.4, -0.2) is 54.6 Å². The van der Waals surface area contributed by atoms with Crippen molar-refractivity contribution in [3.63, 3.8) is 0 Å². The van der Waals surface area contributed by atoms with Crippen molar-refractivity contribution < 1.29 is 33.7 Å². The summed E-state index contributed by atoms with van der Waals surface area (Å²) in [6, 6.07) is 0. The van der Waals surface area contributed by atoms with E-state index in [-0.39, 0.29) is 26.0 Å². The first-order valence-electron chi connectivity index (χ1n) is 7.67. The van der Waals surface area contributed by atoms with Gasteiger partial charge in [-0.05, 0) is 13.3 Å². The number of hydrogen-bond donors (Lipinski definition) is 2. The fraction of sp³-hybridized carbons (Fsp3) is 0.800. The van der Waals surface area contributed by atoms with Crippen molar-refractivity contribution >= 4 is 18.0 Å². The van der Waals surface area contributed by atoms with Gasteiger partial charge in [0.2, 0.25) is 0 Å². The number of esters is 2. The number of ether oxygens (including phenoxy) is 3. The zero-order valence-electron chi connectivity index (χ0n) is 14.2. The molecule has 0 aromatic heterocycles. The maximum absolute atomic E-state index is 11.5. The number of aliphatic hydroxyl groups is 1. The SMILES string of the molecule is CCC(O)CC(CC(C)OC(=O)NCCOC(C)=O)OC(C)=O. The summed E-state index contributed by atoms with van der Waals surface area (Å²) in [5, 5.41) is 12.1. The number of alkyl carbamates (subject to hydrolysis) is 1. The van der Waals surface area contributed by atoms with Crippen LogP contribution in [0.15, 0.2) is 0 Å². The fourth-order valence-electron chi connectivity index (χ4n) is 1.89. The number of nitrogens with one attached hydrogen (secondary N) is 1. The van der Waals surface area contributed by atoms with E-state index in [1.807, 2.05) is 6.92 Å². The second-order valence-electron chi connectivity index (χ2n) is 5.25. The van der Waals surface area contributed by atoms with Gasteiger partial charge in [0.1, 0.15) is 18.8 Å². The van der Waals surface area contributed by atoms with Crippen LogP contribution >= 0.6 is 0 Å². The molecule has 3 unspecified atom stereocenters. The quantitative estimate of drug-likeness (QED) is 0.350. The van der Waals surface area contributed by atoms with Crippen molar-refractivity contribution in [2.45, 2.75) is 65.3 Å². The third-order valence-electron chi connectivity index (χ3n) is 2.92. The highest BCUT2D eigenvalue weighted by Crippen LogP contribution is 2.14. The van der Waals surface area contributed by atoms with Crippen LogP contribution in [-0.2, 0) is 23.8 Å². The van der Waals surface area contributed by atoms with E-state index in [2.05, 4.69) is 10.1 Å². The van der Waals surface area contributed by atoms with E-state index in [9.17, 15) is 19.5 Å². The van der Waals surface area contributed by atoms with Crippen LogP contribution in [0, 0.1) is 0 Å². The monoisotopic (exact) mass is 333 g/mol. The maximum atomic E-state index is 11.5. The summed E-state index contributed by atoms with van der Waals surface area (Å²) in [7, 11) is 0. The lowest BCUT2D eigenvalue weighted by molar-refractivity contribution is -0.149. The molecule has 0 heterocycles. The molecule has 8 heteroatoms. The lowest BCUT2D eigenvalue weighted by Gasteiger charge is -2.23. The highest BCUT2D eigenvalue weighted by molar-refractivity contribution is 5.68. The molecular weight excluding hydrogens is 306 g/mol. The zero-order chi connectivity index (χ0) is 17.8. The smallest absolute Gasteiger partial charge is 0.407 e. The molecule has 0 aliphatic heterocycles. The molecule has 0 saturated carbocycles. The minimum atomic E-state index is -0.651. The topological polar surface area (TPSA) is 111 Å². The highest BCUT2D eigenvalue weighted by atomic mass is 16.6. The first kappa shape index (κ1) is 21.2. The summed E-state index contributed by atoms with van der Waals surface area (Å²) in [5.74, 6) is -0.872. The zero-order valence-corrected chi connectivity index (χ0v) is 14.2. The summed E-state index contributed by atoms with van der Waals surface area (Å²) in [5.41, 5.74) is 0. The van der Waals surface area contributed by atoms with Gasteiger partial charge in [0.15, 0.2) is 0 Å². The van der Waals surface area contributed by atoms with Gasteiger partial charge in [0.25, 0.3) is 0 Å². The van der Waals surface area contributed by atoms with E-state index in [0.717, 1.165) is 0 Å². The molecule has 0 aliphatic carbocycles. The van der Waals surface area contributed by atoms with Gasteiger partial charge in [-0.3, -0.25) is 9.59 Å². The molecule has 0 spiro atoms. The molecule has 0 rings (SSSR count). The Bertz CT molecular complexity index is 386. The molecule has 0 aromatic carbocycles. The van der Waals surface area contributed by atoms with E-state index >= 15 is 0 Å². The molecule has 0 radical (unpaired) electrons. The number of carbonyl (C=O) groups is 3. The first-order valence-corrected chi connectivity index (χ1v) is 7.67. The second kappa shape index (κ2) is 11.7. The van der Waals surface area contributed by atoms with Crippen LogP contribution < -0.4 is 5.32 Å². The van der Waals surface area contributed by atoms with Gasteiger partial charge in [-0.1, -0.05) is 6.92 Å². The minimum Gasteiger partial charge on any atom is -0.464 e. The van der Waals surface area contributed by atoms with Gasteiger partial charge in [-0.15, -0.1) is 0 Å². The van der Waals surface area contributed by atoms with E-state index in [1.54, 1.807) is 6.92 Å². The van der Waals surface area contributed by atoms with Gasteiger partial charge in [0, 0.05) is 26.7 Å². The normalized spacial score (nSPS) is 14.3. The van der Waals surface area contributed by atoms with Crippen molar-refractivity contribution in [3.8, 4) is 0 Å². The summed E-state index contributed by atoms with van der Waals surface area (Å²) < 4.78 is 14.9. The number of aliphatic hydroxyl groups excluding tert-OH is 1. The van der Waals surface area contributed by atoms with Crippen molar-refractivity contribution in [3.05, 3.63) is 0 Å². The Morgan fingerprint density at radius 2 is 1.74 bits per heavy atom. The summed E-state index contributed by atoms with van der Waals surface area (Å²) in [6.45, 7) is 6.27. The van der Waals surface area contributed by atoms with Crippen molar-refractivity contribution in [2.24, 2.45) is 0 Å². The van der Waals surface area contributed by atoms with Gasteiger partial charge < -0.3 is 24.6 Å². The Balaban J connectivity index is 4.18. The third-order valence-corrected chi connectivity index (χ3v) is 2.92. The maximum Gasteiger partial charge on any atom is 0.407 e. The summed E-state index contributed by atoms with van der Waals surface area (Å²) in [4.78, 5) is 33.2. The van der Waals surface area contributed by atoms with E-state index in [1.165, 1.54) is 13.8 Å². The Hall–Kier alpha value is -1.83. The molecule has 8 nitrogen and oxygen atoms in total. The van der Waals surface area contributed by atoms with Crippen molar-refractivity contribution in [1.82, 2.24) is 5.32 Å². The number of hydrogen-bond acceptors (Lipinski definition) is 7. The molecule has 0 saturated heterocycles. The Morgan fingerprint density at radius 1 is 1.09 bits per heavy atom. The van der Waals surface area contributed by atoms with Gasteiger partial charge >= 0.3 is 18.0 Å². The average Bonchev–Trinajstić information content (AvgIpc) is 2.42. The van der Waals surface area contributed by atoms with Crippen LogP contribution in [0.3, 0.4) is 0 Å². The summed E-state index contributed by atoms with van der Waals surface area (Å²) >= 11 is 0. The van der Waals surface area contributed by atoms with E-state index < -0.39 is 36.3 Å². The van der Waals surface area contributed by atoms with Gasteiger partial charge in [-0.25, -0.2) is 4.79 Å². The van der Waals surface area contributed by atoms with Crippen molar-refractivity contribution in [2.75, 3.05) is 13.2 Å². The van der Waals surface area contributed by atoms with E-state index in [4.69, 9.17) is 9.47 Å². The number of rotatable bonds is 10. The molecular formula is C15H27NO7. The largest absolute Gasteiger partial charge is 0.464 e. The Labute approximate surface area is 136 Å². The third kappa shape index (κ3) is 12.4. The molecule has 0 aromatic rings. The first-order chi connectivity index (χ1) is 10.7. The minimum absolute atomic E-state index is 0.0670. The molecule has 3 atom stereocenters. The molecule has 23 heavy (non-hydrogen) atoms. The van der Waals surface area contributed by atoms with Gasteiger partial charge in [-0.2, -0.15) is 0 Å². The molecule has 134 valence electrons. The predicted octanol–water partition coefficient (Wildman–Crippen LogP) is 1.15. The molecule has 1 amide bonds. The van der Waals surface area contributed by atoms with Crippen LogP contribution in [0.2, 0.25) is 0 Å². The number of carbonyl (C=O) groups excluding carboxylic acids is 3. The number of amides is 1. The second-order valence-corrected chi connectivity index (χ2v) is 5.25. The highest BCUT2D eigenvalue weighted by Gasteiger charge is 2.21. The Kier molecular flexibility index (Phi) is 10.8. The molecule has 0 fully saturated rings. The summed E-state index contributed by atoms with van der Waals surface area (Å²) in [6.07, 6.45) is -1.13. The van der Waals surface area contributed by atoms with E-state index in [0.29, 0.717) is 6.42 Å². The van der Waals surface area contributed by atoms with Crippen molar-refractivity contribution in [1.29, 1.82) is 0 Å². The fourth-order valence-corrected chi connectivity index (χ4v) is 1.89. The standard InChI is InChI=1S/C15H27NO7/c1-5-13(19)9-14(23-12(4)18)8-10(2)22-15(20)16-6-7-21-11(3)17/h10,13-14,19H,5-9H2,1-4H3,(H,16,20). The lowest BCUT2D eigenvalue weighted by Crippen LogP contribution is -2.33. The molecule has 2 N–H and O–H groups in total. The molecule has 0 aliphatic rings. The van der Waals surface area contributed by atoms with Crippen LogP contribution in [0.5, 0.6) is 0 Å². The Morgan fingerprint density at radius 3 is 2.26 bits per heavy atom. The predicted molar refractivity (Wildman–Crippen MR) is 81.7 cm³/mol. The lowest BCUT2D eigenvalue weighted by atomic mass is 10.0. The molecule has 0 bridgehead atoms.